The van der Waals surface area contributed by atoms with E-state index in [9.17, 15) is 0 Å². The number of nitrogens with zero attached hydrogens (tertiary/aromatic N) is 4. The van der Waals surface area contributed by atoms with Crippen molar-refractivity contribution in [2.24, 2.45) is 0 Å². The molecule has 14 rings (SSSR count). The highest BCUT2D eigenvalue weighted by molar-refractivity contribution is 6.12. The average molecular weight is 1070 g/mol. The van der Waals surface area contributed by atoms with Gasteiger partial charge in [0.25, 0.3) is 0 Å². The van der Waals surface area contributed by atoms with E-state index in [2.05, 4.69) is 182 Å². The lowest BCUT2D eigenvalue weighted by molar-refractivity contribution is 0.304. The van der Waals surface area contributed by atoms with Crippen LogP contribution in [-0.4, -0.2) is 46.4 Å². The minimum absolute atomic E-state index is 0.416. The molecular formula is C74H56N4O4. The lowest BCUT2D eigenvalue weighted by Gasteiger charge is -2.19. The molecule has 0 aliphatic carbocycles. The molecule has 10 aromatic carbocycles. The number of benzene rings is 10. The van der Waals surface area contributed by atoms with Gasteiger partial charge in [0.05, 0.1) is 48.5 Å². The maximum Gasteiger partial charge on any atom is 0.123 e. The second kappa shape index (κ2) is 22.5. The fourth-order valence-corrected chi connectivity index (χ4v) is 11.2. The smallest absolute Gasteiger partial charge is 0.123 e. The van der Waals surface area contributed by atoms with E-state index in [1.54, 1.807) is 0 Å². The van der Waals surface area contributed by atoms with Gasteiger partial charge in [-0.05, 0) is 152 Å². The molecule has 0 aliphatic rings. The Balaban J connectivity index is 0.867. The quantitative estimate of drug-likeness (QED) is 0.0785. The highest BCUT2D eigenvalue weighted by Gasteiger charge is 2.19. The number of rotatable bonds is 18. The lowest BCUT2D eigenvalue weighted by Crippen LogP contribution is -2.06. The molecule has 0 saturated carbocycles. The summed E-state index contributed by atoms with van der Waals surface area (Å²) in [4.78, 5) is 19.8. The van der Waals surface area contributed by atoms with E-state index in [1.165, 1.54) is 16.2 Å². The van der Waals surface area contributed by atoms with Crippen LogP contribution in [-0.2, 0) is 25.7 Å². The number of ether oxygens (including phenoxy) is 4. The summed E-state index contributed by atoms with van der Waals surface area (Å²) in [5.74, 6) is 2.77. The maximum atomic E-state index is 6.78. The summed E-state index contributed by atoms with van der Waals surface area (Å²) in [6.45, 7) is 1.67. The van der Waals surface area contributed by atoms with Gasteiger partial charge in [-0.1, -0.05) is 133 Å². The van der Waals surface area contributed by atoms with E-state index in [4.69, 9.17) is 38.9 Å². The maximum absolute atomic E-state index is 6.78. The standard InChI is InChI=1S/C74H56N4O4/c1-2-16-54-40-57-46-69-55(41-56(57)39-53(54)15-1)25-30-68(58-42-64(79-35-31-60-26-21-49-11-3-7-17-70(49)75-60)47-65(43-58)80-36-32-61-27-22-50-12-4-8-18-71(50)76-61)74(69)59-44-66(81-37-33-62-28-23-51-13-5-9-19-72(51)77-62)48-67(45-59)82-38-34-63-29-24-52-14-6-10-20-73(52)78-63/h1-30,39-48H,31-38H2. The number of aromatic nitrogens is 4. The van der Waals surface area contributed by atoms with Crippen LogP contribution in [0.3, 0.4) is 0 Å². The fourth-order valence-electron chi connectivity index (χ4n) is 11.2. The van der Waals surface area contributed by atoms with Crippen molar-refractivity contribution in [1.82, 2.24) is 19.9 Å². The predicted octanol–water partition coefficient (Wildman–Crippen LogP) is 17.2. The normalized spacial score (nSPS) is 11.6. The molecule has 0 atom stereocenters. The van der Waals surface area contributed by atoms with Gasteiger partial charge in [0.2, 0.25) is 0 Å². The Kier molecular flexibility index (Phi) is 13.7. The van der Waals surface area contributed by atoms with E-state index >= 15 is 0 Å². The first-order chi connectivity index (χ1) is 40.5. The van der Waals surface area contributed by atoms with Crippen LogP contribution in [0, 0.1) is 0 Å². The van der Waals surface area contributed by atoms with Gasteiger partial charge < -0.3 is 18.9 Å². The first kappa shape index (κ1) is 50.1. The zero-order chi connectivity index (χ0) is 54.6. The molecule has 0 N–H and O–H groups in total. The highest BCUT2D eigenvalue weighted by Crippen LogP contribution is 2.44. The van der Waals surface area contributed by atoms with E-state index in [-0.39, 0.29) is 0 Å². The van der Waals surface area contributed by atoms with Crippen LogP contribution in [0.15, 0.2) is 243 Å². The van der Waals surface area contributed by atoms with E-state index in [0.29, 0.717) is 75.1 Å². The minimum atomic E-state index is 0.416. The van der Waals surface area contributed by atoms with E-state index in [0.717, 1.165) is 105 Å². The van der Waals surface area contributed by atoms with E-state index in [1.807, 2.05) is 60.7 Å². The summed E-state index contributed by atoms with van der Waals surface area (Å²) < 4.78 is 27.0. The van der Waals surface area contributed by atoms with Crippen LogP contribution in [0.2, 0.25) is 0 Å². The number of pyridine rings is 4. The van der Waals surface area contributed by atoms with Gasteiger partial charge in [0.15, 0.2) is 0 Å². The molecule has 0 saturated heterocycles. The average Bonchev–Trinajstić information content (AvgIpc) is 3.71. The molecule has 0 aliphatic heterocycles. The summed E-state index contributed by atoms with van der Waals surface area (Å²) >= 11 is 0. The number of hydrogen-bond acceptors (Lipinski definition) is 8. The van der Waals surface area contributed by atoms with Crippen molar-refractivity contribution in [2.45, 2.75) is 25.7 Å². The zero-order valence-corrected chi connectivity index (χ0v) is 45.2. The van der Waals surface area contributed by atoms with Crippen LogP contribution < -0.4 is 18.9 Å². The predicted molar refractivity (Wildman–Crippen MR) is 334 cm³/mol. The van der Waals surface area contributed by atoms with E-state index < -0.39 is 0 Å². The van der Waals surface area contributed by atoms with Gasteiger partial charge in [-0.2, -0.15) is 0 Å². The van der Waals surface area contributed by atoms with Crippen LogP contribution >= 0.6 is 0 Å². The highest BCUT2D eigenvalue weighted by atomic mass is 16.5. The Bertz CT molecular complexity index is 4490. The molecule has 0 unspecified atom stereocenters. The van der Waals surface area contributed by atoms with Gasteiger partial charge in [-0.3, -0.25) is 19.9 Å². The second-order valence-electron chi connectivity index (χ2n) is 20.9. The zero-order valence-electron chi connectivity index (χ0n) is 45.2. The summed E-state index contributed by atoms with van der Waals surface area (Å²) in [6, 6.07) is 84.5. The molecule has 4 heterocycles. The van der Waals surface area contributed by atoms with Crippen molar-refractivity contribution in [3.05, 3.63) is 265 Å². The first-order valence-electron chi connectivity index (χ1n) is 28.1. The van der Waals surface area contributed by atoms with Gasteiger partial charge >= 0.3 is 0 Å². The lowest BCUT2D eigenvalue weighted by atomic mass is 9.88. The Morgan fingerprint density at radius 3 is 0.951 bits per heavy atom. The number of fused-ring (bicyclic) bond motifs is 7. The van der Waals surface area contributed by atoms with Gasteiger partial charge in [-0.15, -0.1) is 0 Å². The third-order valence-electron chi connectivity index (χ3n) is 15.3. The Labute approximate surface area is 475 Å². The monoisotopic (exact) mass is 1060 g/mol. The minimum Gasteiger partial charge on any atom is -0.493 e. The van der Waals surface area contributed by atoms with Crippen LogP contribution in [0.5, 0.6) is 23.0 Å². The summed E-state index contributed by atoms with van der Waals surface area (Å²) in [7, 11) is 0. The summed E-state index contributed by atoms with van der Waals surface area (Å²) in [5.41, 5.74) is 11.6. The van der Waals surface area contributed by atoms with Gasteiger partial charge in [0, 0.05) is 82.1 Å². The van der Waals surface area contributed by atoms with Crippen LogP contribution in [0.4, 0.5) is 0 Å². The topological polar surface area (TPSA) is 88.5 Å². The third kappa shape index (κ3) is 10.9. The van der Waals surface area contributed by atoms with Crippen LogP contribution in [0.25, 0.3) is 98.2 Å². The SMILES string of the molecule is c1ccc2cc3cc4c(-c5cc(OCCc6ccc7ccccc7n6)cc(OCCc6ccc7ccccc7n6)c5)c(-c5cc(OCCc6ccc7ccccc7n6)cc(OCCc6ccc7ccccc7n6)c5)ccc4cc3cc2c1. The molecule has 0 bridgehead atoms. The Morgan fingerprint density at radius 2 is 0.561 bits per heavy atom. The summed E-state index contributed by atoms with van der Waals surface area (Å²) in [6.07, 6.45) is 2.51. The largest absolute Gasteiger partial charge is 0.493 e. The molecule has 0 radical (unpaired) electrons. The molecular weight excluding hydrogens is 1010 g/mol. The number of para-hydroxylation sites is 4. The molecule has 0 spiro atoms. The fraction of sp³-hybridized carbons (Fsp3) is 0.108. The van der Waals surface area contributed by atoms with Crippen molar-refractivity contribution < 1.29 is 18.9 Å². The molecule has 8 heteroatoms. The van der Waals surface area contributed by atoms with Crippen molar-refractivity contribution in [1.29, 1.82) is 0 Å². The molecule has 14 aromatic rings. The van der Waals surface area contributed by atoms with Gasteiger partial charge in [-0.25, -0.2) is 0 Å². The van der Waals surface area contributed by atoms with Gasteiger partial charge in [0.1, 0.15) is 23.0 Å². The van der Waals surface area contributed by atoms with Crippen LogP contribution in [0.1, 0.15) is 22.8 Å². The number of hydrogen-bond donors (Lipinski definition) is 0. The van der Waals surface area contributed by atoms with Crippen molar-refractivity contribution in [3.8, 4) is 45.3 Å². The third-order valence-corrected chi connectivity index (χ3v) is 15.3. The molecule has 0 amide bonds. The molecule has 8 nitrogen and oxygen atoms in total. The Hall–Kier alpha value is -10.2. The molecule has 0 fully saturated rings. The molecule has 4 aromatic heterocycles. The molecule has 396 valence electrons. The second-order valence-corrected chi connectivity index (χ2v) is 20.9. The summed E-state index contributed by atoms with van der Waals surface area (Å²) in [5, 5.41) is 11.3. The Morgan fingerprint density at radius 1 is 0.244 bits per heavy atom. The van der Waals surface area contributed by atoms with Crippen molar-refractivity contribution in [3.63, 3.8) is 0 Å². The van der Waals surface area contributed by atoms with Crippen molar-refractivity contribution >= 4 is 75.9 Å². The van der Waals surface area contributed by atoms with Crippen molar-refractivity contribution in [2.75, 3.05) is 26.4 Å². The molecule has 82 heavy (non-hydrogen) atoms. The first-order valence-corrected chi connectivity index (χ1v) is 28.1.